The second-order valence-corrected chi connectivity index (χ2v) is 7.32. The molecule has 0 aromatic heterocycles. The summed E-state index contributed by atoms with van der Waals surface area (Å²) < 4.78 is 0. The van der Waals surface area contributed by atoms with Crippen LogP contribution in [0.2, 0.25) is 0 Å². The molecule has 0 radical (unpaired) electrons. The molecular formula is C21H24N2O3. The van der Waals surface area contributed by atoms with Crippen molar-refractivity contribution in [3.8, 4) is 0 Å². The molecule has 0 bridgehead atoms. The fraction of sp³-hybridized carbons (Fsp3) is 0.381. The van der Waals surface area contributed by atoms with E-state index in [1.165, 1.54) is 11.6 Å². The van der Waals surface area contributed by atoms with Crippen LogP contribution in [0.15, 0.2) is 42.5 Å². The first kappa shape index (κ1) is 18.1. The molecule has 0 atom stereocenters. The quantitative estimate of drug-likeness (QED) is 0.552. The molecule has 2 aromatic carbocycles. The Bertz CT molecular complexity index is 824. The van der Waals surface area contributed by atoms with Gasteiger partial charge < -0.3 is 4.90 Å². The molecule has 1 aliphatic carbocycles. The van der Waals surface area contributed by atoms with Gasteiger partial charge in [0, 0.05) is 29.8 Å². The van der Waals surface area contributed by atoms with Crippen LogP contribution < -0.4 is 0 Å². The molecule has 1 saturated carbocycles. The summed E-state index contributed by atoms with van der Waals surface area (Å²) in [5.74, 6) is 0.423. The van der Waals surface area contributed by atoms with Crippen molar-refractivity contribution in [3.63, 3.8) is 0 Å². The first-order chi connectivity index (χ1) is 12.4. The normalized spacial score (nSPS) is 13.7. The van der Waals surface area contributed by atoms with Gasteiger partial charge in [-0.15, -0.1) is 0 Å². The van der Waals surface area contributed by atoms with Gasteiger partial charge in [0.05, 0.1) is 4.92 Å². The molecule has 5 heteroatoms. The van der Waals surface area contributed by atoms with E-state index in [9.17, 15) is 14.9 Å². The van der Waals surface area contributed by atoms with Crippen molar-refractivity contribution < 1.29 is 9.72 Å². The number of benzene rings is 2. The molecule has 1 fully saturated rings. The maximum atomic E-state index is 13.0. The highest BCUT2D eigenvalue weighted by atomic mass is 16.6. The third-order valence-corrected chi connectivity index (χ3v) is 4.89. The van der Waals surface area contributed by atoms with E-state index < -0.39 is 4.92 Å². The maximum absolute atomic E-state index is 13.0. The van der Waals surface area contributed by atoms with Crippen molar-refractivity contribution in [2.45, 2.75) is 52.1 Å². The lowest BCUT2D eigenvalue weighted by atomic mass is 10.0. The zero-order valence-electron chi connectivity index (χ0n) is 15.4. The third kappa shape index (κ3) is 3.93. The zero-order chi connectivity index (χ0) is 18.8. The molecule has 5 nitrogen and oxygen atoms in total. The van der Waals surface area contributed by atoms with Crippen LogP contribution in [0.3, 0.4) is 0 Å². The van der Waals surface area contributed by atoms with Crippen molar-refractivity contribution in [1.82, 2.24) is 4.90 Å². The largest absolute Gasteiger partial charge is 0.331 e. The monoisotopic (exact) mass is 352 g/mol. The average molecular weight is 352 g/mol. The smallest absolute Gasteiger partial charge is 0.272 e. The Hall–Kier alpha value is -2.69. The second kappa shape index (κ2) is 7.28. The predicted molar refractivity (Wildman–Crippen MR) is 101 cm³/mol. The SMILES string of the molecule is Cc1cc(C(=O)N(Cc2ccc(C(C)C)cc2)C2CC2)ccc1[N+](=O)[O-]. The number of nitrogens with zero attached hydrogens (tertiary/aromatic N) is 2. The first-order valence-corrected chi connectivity index (χ1v) is 9.01. The molecule has 136 valence electrons. The summed E-state index contributed by atoms with van der Waals surface area (Å²) in [5.41, 5.74) is 3.46. The van der Waals surface area contributed by atoms with Crippen LogP contribution in [0, 0.1) is 17.0 Å². The van der Waals surface area contributed by atoms with Crippen LogP contribution in [0.25, 0.3) is 0 Å². The van der Waals surface area contributed by atoms with Gasteiger partial charge in [0.25, 0.3) is 11.6 Å². The zero-order valence-corrected chi connectivity index (χ0v) is 15.4. The summed E-state index contributed by atoms with van der Waals surface area (Å²) in [4.78, 5) is 25.5. The number of hydrogen-bond acceptors (Lipinski definition) is 3. The summed E-state index contributed by atoms with van der Waals surface area (Å²) >= 11 is 0. The number of carbonyl (C=O) groups excluding carboxylic acids is 1. The molecule has 1 amide bonds. The molecular weight excluding hydrogens is 328 g/mol. The molecule has 0 unspecified atom stereocenters. The number of aryl methyl sites for hydroxylation is 1. The topological polar surface area (TPSA) is 63.5 Å². The molecule has 0 N–H and O–H groups in total. The van der Waals surface area contributed by atoms with Gasteiger partial charge in [0.15, 0.2) is 0 Å². The number of amides is 1. The van der Waals surface area contributed by atoms with Crippen molar-refractivity contribution in [3.05, 3.63) is 74.8 Å². The van der Waals surface area contributed by atoms with Crippen LogP contribution in [-0.2, 0) is 6.54 Å². The Balaban J connectivity index is 1.80. The lowest BCUT2D eigenvalue weighted by Crippen LogP contribution is -2.32. The summed E-state index contributed by atoms with van der Waals surface area (Å²) in [6.07, 6.45) is 2.03. The van der Waals surface area contributed by atoms with E-state index >= 15 is 0 Å². The van der Waals surface area contributed by atoms with E-state index in [4.69, 9.17) is 0 Å². The summed E-state index contributed by atoms with van der Waals surface area (Å²) in [6.45, 7) is 6.55. The van der Waals surface area contributed by atoms with Gasteiger partial charge in [-0.25, -0.2) is 0 Å². The molecule has 0 saturated heterocycles. The van der Waals surface area contributed by atoms with Gasteiger partial charge in [-0.3, -0.25) is 14.9 Å². The summed E-state index contributed by atoms with van der Waals surface area (Å²) in [7, 11) is 0. The second-order valence-electron chi connectivity index (χ2n) is 7.32. The van der Waals surface area contributed by atoms with E-state index in [-0.39, 0.29) is 17.6 Å². The van der Waals surface area contributed by atoms with Crippen LogP contribution in [-0.4, -0.2) is 21.8 Å². The van der Waals surface area contributed by atoms with Gasteiger partial charge >= 0.3 is 0 Å². The Morgan fingerprint density at radius 2 is 1.85 bits per heavy atom. The number of nitro benzene ring substituents is 1. The lowest BCUT2D eigenvalue weighted by molar-refractivity contribution is -0.385. The van der Waals surface area contributed by atoms with Crippen molar-refractivity contribution >= 4 is 11.6 Å². The van der Waals surface area contributed by atoms with Crippen molar-refractivity contribution in [1.29, 1.82) is 0 Å². The average Bonchev–Trinajstić information content (AvgIpc) is 3.44. The molecule has 2 aromatic rings. The van der Waals surface area contributed by atoms with Crippen LogP contribution in [0.4, 0.5) is 5.69 Å². The molecule has 3 rings (SSSR count). The summed E-state index contributed by atoms with van der Waals surface area (Å²) in [6, 6.07) is 13.3. The molecule has 0 aliphatic heterocycles. The fourth-order valence-electron chi connectivity index (χ4n) is 3.12. The maximum Gasteiger partial charge on any atom is 0.272 e. The van der Waals surface area contributed by atoms with Gasteiger partial charge in [0.1, 0.15) is 0 Å². The van der Waals surface area contributed by atoms with Crippen LogP contribution in [0.5, 0.6) is 0 Å². The Labute approximate surface area is 153 Å². The number of nitro groups is 1. The molecule has 26 heavy (non-hydrogen) atoms. The fourth-order valence-corrected chi connectivity index (χ4v) is 3.12. The minimum Gasteiger partial charge on any atom is -0.331 e. The number of hydrogen-bond donors (Lipinski definition) is 0. The first-order valence-electron chi connectivity index (χ1n) is 9.01. The highest BCUT2D eigenvalue weighted by molar-refractivity contribution is 5.95. The van der Waals surface area contributed by atoms with E-state index in [0.717, 1.165) is 18.4 Å². The lowest BCUT2D eigenvalue weighted by Gasteiger charge is -2.23. The number of rotatable bonds is 6. The van der Waals surface area contributed by atoms with Crippen LogP contribution in [0.1, 0.15) is 59.7 Å². The van der Waals surface area contributed by atoms with E-state index in [1.807, 2.05) is 4.90 Å². The van der Waals surface area contributed by atoms with E-state index in [2.05, 4.69) is 38.1 Å². The Morgan fingerprint density at radius 3 is 2.35 bits per heavy atom. The minimum absolute atomic E-state index is 0.0452. The molecule has 0 heterocycles. The van der Waals surface area contributed by atoms with E-state index in [0.29, 0.717) is 23.6 Å². The highest BCUT2D eigenvalue weighted by Gasteiger charge is 2.33. The van der Waals surface area contributed by atoms with Crippen molar-refractivity contribution in [2.75, 3.05) is 0 Å². The Kier molecular flexibility index (Phi) is 5.07. The van der Waals surface area contributed by atoms with Crippen molar-refractivity contribution in [2.24, 2.45) is 0 Å². The third-order valence-electron chi connectivity index (χ3n) is 4.89. The molecule has 1 aliphatic rings. The predicted octanol–water partition coefficient (Wildman–Crippen LogP) is 4.83. The minimum atomic E-state index is -0.418. The highest BCUT2D eigenvalue weighted by Crippen LogP contribution is 2.31. The summed E-state index contributed by atoms with van der Waals surface area (Å²) in [5, 5.41) is 11.0. The van der Waals surface area contributed by atoms with Gasteiger partial charge in [-0.1, -0.05) is 38.1 Å². The van der Waals surface area contributed by atoms with Crippen LogP contribution >= 0.6 is 0 Å². The van der Waals surface area contributed by atoms with E-state index in [1.54, 1.807) is 19.1 Å². The van der Waals surface area contributed by atoms with Gasteiger partial charge in [0.2, 0.25) is 0 Å². The van der Waals surface area contributed by atoms with Gasteiger partial charge in [-0.05, 0) is 48.9 Å². The standard InChI is InChI=1S/C21H24N2O3/c1-14(2)17-6-4-16(5-7-17)13-22(19-9-10-19)21(24)18-8-11-20(23(25)26)15(3)12-18/h4-8,11-12,14,19H,9-10,13H2,1-3H3. The Morgan fingerprint density at radius 1 is 1.19 bits per heavy atom. The number of carbonyl (C=O) groups is 1. The van der Waals surface area contributed by atoms with Gasteiger partial charge in [-0.2, -0.15) is 0 Å². The molecule has 0 spiro atoms.